The Labute approximate surface area is 199 Å². The van der Waals surface area contributed by atoms with E-state index in [0.29, 0.717) is 60.2 Å². The van der Waals surface area contributed by atoms with Gasteiger partial charge in [0.1, 0.15) is 17.1 Å². The number of ketones is 1. The molecule has 0 aliphatic carbocycles. The normalized spacial score (nSPS) is 16.7. The van der Waals surface area contributed by atoms with Crippen LogP contribution >= 0.6 is 0 Å². The number of methoxy groups -OCH3 is 4. The number of rotatable bonds is 6. The lowest BCUT2D eigenvalue weighted by atomic mass is 9.82. The molecular weight excluding hydrogens is 438 g/mol. The molecule has 0 N–H and O–H groups in total. The summed E-state index contributed by atoms with van der Waals surface area (Å²) in [6.07, 6.45) is 4.61. The summed E-state index contributed by atoms with van der Waals surface area (Å²) < 4.78 is 27.9. The summed E-state index contributed by atoms with van der Waals surface area (Å²) in [6, 6.07) is 8.83. The summed E-state index contributed by atoms with van der Waals surface area (Å²) in [5.74, 6) is 2.58. The van der Waals surface area contributed by atoms with Crippen molar-refractivity contribution in [3.05, 3.63) is 47.5 Å². The molecule has 0 radical (unpaired) electrons. The number of ether oxygens (including phenoxy) is 5. The third-order valence-electron chi connectivity index (χ3n) is 6.43. The van der Waals surface area contributed by atoms with Gasteiger partial charge in [-0.25, -0.2) is 0 Å². The number of hydrogen-bond acceptors (Lipinski definition) is 7. The lowest BCUT2D eigenvalue weighted by molar-refractivity contribution is -0.129. The number of hydrogen-bond donors (Lipinski definition) is 0. The molecule has 0 saturated carbocycles. The molecule has 4 rings (SSSR count). The van der Waals surface area contributed by atoms with Gasteiger partial charge in [-0.2, -0.15) is 0 Å². The van der Waals surface area contributed by atoms with E-state index in [1.807, 2.05) is 6.07 Å². The molecule has 1 fully saturated rings. The Morgan fingerprint density at radius 3 is 2.32 bits per heavy atom. The predicted octanol–water partition coefficient (Wildman–Crippen LogP) is 3.76. The largest absolute Gasteiger partial charge is 0.497 e. The van der Waals surface area contributed by atoms with Crippen molar-refractivity contribution in [2.75, 3.05) is 41.5 Å². The smallest absolute Gasteiger partial charge is 0.246 e. The van der Waals surface area contributed by atoms with Gasteiger partial charge in [0.05, 0.1) is 40.4 Å². The summed E-state index contributed by atoms with van der Waals surface area (Å²) in [7, 11) is 6.24. The van der Waals surface area contributed by atoms with Crippen molar-refractivity contribution < 1.29 is 33.3 Å². The second kappa shape index (κ2) is 9.67. The van der Waals surface area contributed by atoms with Crippen LogP contribution in [0, 0.1) is 0 Å². The first kappa shape index (κ1) is 23.5. The number of Topliss-reactive ketones (excluding diaryl/α,β-unsaturated/α-hetero) is 1. The first-order valence-electron chi connectivity index (χ1n) is 11.1. The first-order valence-corrected chi connectivity index (χ1v) is 11.1. The van der Waals surface area contributed by atoms with Crippen molar-refractivity contribution in [1.29, 1.82) is 0 Å². The van der Waals surface area contributed by atoms with E-state index in [-0.39, 0.29) is 18.1 Å². The number of fused-ring (bicyclic) bond motifs is 1. The average Bonchev–Trinajstić information content (AvgIpc) is 2.86. The van der Waals surface area contributed by atoms with Gasteiger partial charge in [-0.3, -0.25) is 9.59 Å². The number of amides is 1. The van der Waals surface area contributed by atoms with Gasteiger partial charge < -0.3 is 28.6 Å². The SMILES string of the molecule is COc1ccc(OC)c(/C=C/C(=O)N2CCC3(CC2)CC(=O)c2ccc(OC)c(OC)c2O3)c1. The van der Waals surface area contributed by atoms with Crippen LogP contribution in [0.1, 0.15) is 35.2 Å². The fourth-order valence-corrected chi connectivity index (χ4v) is 4.51. The molecule has 0 unspecified atom stereocenters. The Hall–Kier alpha value is -3.68. The lowest BCUT2D eigenvalue weighted by Gasteiger charge is -2.44. The second-order valence-electron chi connectivity index (χ2n) is 8.33. The summed E-state index contributed by atoms with van der Waals surface area (Å²) in [5, 5.41) is 0. The van der Waals surface area contributed by atoms with E-state index in [4.69, 9.17) is 23.7 Å². The van der Waals surface area contributed by atoms with Gasteiger partial charge in [0.25, 0.3) is 0 Å². The van der Waals surface area contributed by atoms with E-state index in [1.165, 1.54) is 13.2 Å². The number of carbonyl (C=O) groups is 2. The zero-order valence-corrected chi connectivity index (χ0v) is 19.9. The van der Waals surface area contributed by atoms with Crippen LogP contribution in [0.5, 0.6) is 28.7 Å². The number of nitrogens with zero attached hydrogens (tertiary/aromatic N) is 1. The van der Waals surface area contributed by atoms with Crippen LogP contribution in [-0.2, 0) is 4.79 Å². The molecule has 1 saturated heterocycles. The number of piperidine rings is 1. The molecule has 180 valence electrons. The monoisotopic (exact) mass is 467 g/mol. The van der Waals surface area contributed by atoms with Crippen LogP contribution in [0.4, 0.5) is 0 Å². The molecule has 1 spiro atoms. The molecule has 2 aromatic carbocycles. The Bertz CT molecular complexity index is 1120. The summed E-state index contributed by atoms with van der Waals surface area (Å²) in [4.78, 5) is 27.6. The molecule has 0 atom stereocenters. The van der Waals surface area contributed by atoms with Crippen molar-refractivity contribution >= 4 is 17.8 Å². The molecule has 2 aromatic rings. The number of carbonyl (C=O) groups excluding carboxylic acids is 2. The number of benzene rings is 2. The van der Waals surface area contributed by atoms with Crippen LogP contribution in [0.25, 0.3) is 6.08 Å². The van der Waals surface area contributed by atoms with Gasteiger partial charge in [0.2, 0.25) is 11.7 Å². The zero-order chi connectivity index (χ0) is 24.3. The van der Waals surface area contributed by atoms with E-state index in [0.717, 1.165) is 5.56 Å². The molecule has 1 amide bonds. The highest BCUT2D eigenvalue weighted by atomic mass is 16.5. The lowest BCUT2D eigenvalue weighted by Crippen LogP contribution is -2.52. The molecule has 8 heteroatoms. The first-order chi connectivity index (χ1) is 16.4. The van der Waals surface area contributed by atoms with E-state index >= 15 is 0 Å². The second-order valence-corrected chi connectivity index (χ2v) is 8.33. The highest BCUT2D eigenvalue weighted by Gasteiger charge is 2.45. The fraction of sp³-hybridized carbons (Fsp3) is 0.385. The molecule has 2 aliphatic rings. The van der Waals surface area contributed by atoms with Gasteiger partial charge in [0, 0.05) is 37.6 Å². The van der Waals surface area contributed by atoms with Gasteiger partial charge in [-0.1, -0.05) is 0 Å². The molecule has 34 heavy (non-hydrogen) atoms. The van der Waals surface area contributed by atoms with E-state index in [1.54, 1.807) is 56.6 Å². The van der Waals surface area contributed by atoms with Crippen molar-refractivity contribution in [3.8, 4) is 28.7 Å². The Morgan fingerprint density at radius 1 is 0.971 bits per heavy atom. The van der Waals surface area contributed by atoms with Gasteiger partial charge in [-0.15, -0.1) is 0 Å². The van der Waals surface area contributed by atoms with Crippen LogP contribution < -0.4 is 23.7 Å². The van der Waals surface area contributed by atoms with Crippen molar-refractivity contribution in [2.45, 2.75) is 24.9 Å². The van der Waals surface area contributed by atoms with Gasteiger partial charge in [0.15, 0.2) is 17.3 Å². The molecule has 2 aliphatic heterocycles. The molecule has 8 nitrogen and oxygen atoms in total. The van der Waals surface area contributed by atoms with Gasteiger partial charge in [-0.05, 0) is 36.4 Å². The standard InChI is InChI=1S/C26H29NO7/c1-30-18-6-8-21(31-2)17(15-18)5-10-23(29)27-13-11-26(12-14-27)16-20(28)19-7-9-22(32-3)25(33-4)24(19)34-26/h5-10,15H,11-14,16H2,1-4H3/b10-5+. The highest BCUT2D eigenvalue weighted by molar-refractivity contribution is 6.01. The van der Waals surface area contributed by atoms with Crippen molar-refractivity contribution in [3.63, 3.8) is 0 Å². The summed E-state index contributed by atoms with van der Waals surface area (Å²) in [6.45, 7) is 0.959. The van der Waals surface area contributed by atoms with Crippen molar-refractivity contribution in [1.82, 2.24) is 4.90 Å². The number of likely N-dealkylation sites (tertiary alicyclic amines) is 1. The van der Waals surface area contributed by atoms with Crippen molar-refractivity contribution in [2.24, 2.45) is 0 Å². The maximum Gasteiger partial charge on any atom is 0.246 e. The Morgan fingerprint density at radius 2 is 1.68 bits per heavy atom. The molecule has 0 aromatic heterocycles. The minimum absolute atomic E-state index is 0.00648. The Kier molecular flexibility index (Phi) is 6.68. The zero-order valence-electron chi connectivity index (χ0n) is 19.9. The molecule has 0 bridgehead atoms. The third-order valence-corrected chi connectivity index (χ3v) is 6.43. The quantitative estimate of drug-likeness (QED) is 0.598. The van der Waals surface area contributed by atoms with Gasteiger partial charge >= 0.3 is 0 Å². The third kappa shape index (κ3) is 4.40. The fourth-order valence-electron chi connectivity index (χ4n) is 4.51. The highest BCUT2D eigenvalue weighted by Crippen LogP contribution is 2.47. The average molecular weight is 468 g/mol. The minimum Gasteiger partial charge on any atom is -0.497 e. The van der Waals surface area contributed by atoms with Crippen LogP contribution in [0.15, 0.2) is 36.4 Å². The molecule has 2 heterocycles. The topological polar surface area (TPSA) is 83.5 Å². The predicted molar refractivity (Wildman–Crippen MR) is 126 cm³/mol. The minimum atomic E-state index is -0.666. The Balaban J connectivity index is 1.47. The van der Waals surface area contributed by atoms with E-state index < -0.39 is 5.60 Å². The molecular formula is C26H29NO7. The van der Waals surface area contributed by atoms with Crippen LogP contribution in [0.3, 0.4) is 0 Å². The maximum atomic E-state index is 12.9. The summed E-state index contributed by atoms with van der Waals surface area (Å²) >= 11 is 0. The van der Waals surface area contributed by atoms with Crippen LogP contribution in [-0.4, -0.2) is 63.7 Å². The van der Waals surface area contributed by atoms with E-state index in [9.17, 15) is 9.59 Å². The summed E-state index contributed by atoms with van der Waals surface area (Å²) in [5.41, 5.74) is 0.583. The van der Waals surface area contributed by atoms with Crippen LogP contribution in [0.2, 0.25) is 0 Å². The van der Waals surface area contributed by atoms with E-state index in [2.05, 4.69) is 0 Å². The maximum absolute atomic E-state index is 12.9.